The first-order chi connectivity index (χ1) is 13.2. The Balaban J connectivity index is 1.80. The van der Waals surface area contributed by atoms with Crippen LogP contribution in [-0.2, 0) is 11.3 Å². The van der Waals surface area contributed by atoms with Crippen molar-refractivity contribution in [1.82, 2.24) is 19.9 Å². The number of carbonyl (C=O) groups excluding carboxylic acids is 1. The largest absolute Gasteiger partial charge is 0.453 e. The summed E-state index contributed by atoms with van der Waals surface area (Å²) >= 11 is 6.02. The van der Waals surface area contributed by atoms with Gasteiger partial charge in [0.15, 0.2) is 5.65 Å². The third kappa shape index (κ3) is 3.55. The third-order valence-electron chi connectivity index (χ3n) is 4.69. The van der Waals surface area contributed by atoms with Crippen LogP contribution in [0.2, 0.25) is 5.02 Å². The van der Waals surface area contributed by atoms with Gasteiger partial charge >= 0.3 is 6.09 Å². The number of ether oxygens (including phenoxy) is 1. The van der Waals surface area contributed by atoms with Gasteiger partial charge in [-0.15, -0.1) is 5.10 Å². The number of fused-ring (bicyclic) bond motifs is 1. The van der Waals surface area contributed by atoms with Gasteiger partial charge < -0.3 is 15.0 Å². The Kier molecular flexibility index (Phi) is 4.85. The van der Waals surface area contributed by atoms with Gasteiger partial charge in [0.2, 0.25) is 0 Å². The van der Waals surface area contributed by atoms with Gasteiger partial charge in [-0.1, -0.05) is 23.7 Å². The molecule has 27 heavy (non-hydrogen) atoms. The molecule has 1 fully saturated rings. The van der Waals surface area contributed by atoms with Gasteiger partial charge in [0, 0.05) is 23.7 Å². The number of anilines is 1. The fourth-order valence-corrected chi connectivity index (χ4v) is 3.44. The SMILES string of the molecule is COC(=O)NCc1c(-c2ccc(Cl)cc2)nc2ccc(N3CCCC3)nn12. The molecule has 3 heterocycles. The molecule has 0 radical (unpaired) electrons. The van der Waals surface area contributed by atoms with Crippen LogP contribution in [0.3, 0.4) is 0 Å². The highest BCUT2D eigenvalue weighted by molar-refractivity contribution is 6.30. The highest BCUT2D eigenvalue weighted by atomic mass is 35.5. The lowest BCUT2D eigenvalue weighted by Crippen LogP contribution is -2.24. The van der Waals surface area contributed by atoms with Crippen LogP contribution in [0.25, 0.3) is 16.9 Å². The van der Waals surface area contributed by atoms with Crippen molar-refractivity contribution in [3.8, 4) is 11.3 Å². The molecule has 1 aliphatic rings. The molecule has 8 heteroatoms. The van der Waals surface area contributed by atoms with Crippen molar-refractivity contribution in [2.24, 2.45) is 0 Å². The molecule has 0 unspecified atom stereocenters. The predicted molar refractivity (Wildman–Crippen MR) is 104 cm³/mol. The van der Waals surface area contributed by atoms with Gasteiger partial charge in [0.1, 0.15) is 5.82 Å². The maximum atomic E-state index is 11.6. The number of carbonyl (C=O) groups is 1. The van der Waals surface area contributed by atoms with E-state index in [0.29, 0.717) is 5.02 Å². The van der Waals surface area contributed by atoms with Gasteiger partial charge in [-0.25, -0.2) is 14.3 Å². The summed E-state index contributed by atoms with van der Waals surface area (Å²) in [6.45, 7) is 2.27. The van der Waals surface area contributed by atoms with Crippen LogP contribution in [0.5, 0.6) is 0 Å². The second-order valence-corrected chi connectivity index (χ2v) is 6.85. The molecule has 0 saturated carbocycles. The van der Waals surface area contributed by atoms with Gasteiger partial charge in [-0.2, -0.15) is 0 Å². The topological polar surface area (TPSA) is 71.8 Å². The Morgan fingerprint density at radius 2 is 1.93 bits per heavy atom. The van der Waals surface area contributed by atoms with E-state index in [1.54, 1.807) is 4.52 Å². The summed E-state index contributed by atoms with van der Waals surface area (Å²) in [7, 11) is 1.34. The van der Waals surface area contributed by atoms with Crippen LogP contribution in [-0.4, -0.2) is 40.9 Å². The summed E-state index contributed by atoms with van der Waals surface area (Å²) in [6, 6.07) is 11.4. The highest BCUT2D eigenvalue weighted by Gasteiger charge is 2.19. The average Bonchev–Trinajstić information content (AvgIpc) is 3.34. The van der Waals surface area contributed by atoms with E-state index in [-0.39, 0.29) is 6.54 Å². The van der Waals surface area contributed by atoms with Gasteiger partial charge in [0.25, 0.3) is 0 Å². The number of halogens is 1. The van der Waals surface area contributed by atoms with Crippen LogP contribution in [0.4, 0.5) is 10.6 Å². The molecule has 1 amide bonds. The first-order valence-electron chi connectivity index (χ1n) is 8.87. The Morgan fingerprint density at radius 1 is 1.19 bits per heavy atom. The minimum atomic E-state index is -0.497. The lowest BCUT2D eigenvalue weighted by atomic mass is 10.1. The molecule has 1 aliphatic heterocycles. The van der Waals surface area contributed by atoms with E-state index >= 15 is 0 Å². The van der Waals surface area contributed by atoms with Crippen LogP contribution < -0.4 is 10.2 Å². The molecule has 0 bridgehead atoms. The Labute approximate surface area is 161 Å². The maximum absolute atomic E-state index is 11.6. The predicted octanol–water partition coefficient (Wildman–Crippen LogP) is 3.51. The molecule has 140 valence electrons. The number of rotatable bonds is 4. The first kappa shape index (κ1) is 17.6. The quantitative estimate of drug-likeness (QED) is 0.744. The molecule has 7 nitrogen and oxygen atoms in total. The molecule has 1 saturated heterocycles. The first-order valence-corrected chi connectivity index (χ1v) is 9.25. The monoisotopic (exact) mass is 385 g/mol. The van der Waals surface area contributed by atoms with Gasteiger partial charge in [0.05, 0.1) is 25.0 Å². The number of nitrogens with one attached hydrogen (secondary N) is 1. The molecule has 1 N–H and O–H groups in total. The number of nitrogens with zero attached hydrogens (tertiary/aromatic N) is 4. The Bertz CT molecular complexity index is 964. The normalized spacial score (nSPS) is 13.9. The summed E-state index contributed by atoms with van der Waals surface area (Å²) in [5.74, 6) is 0.916. The number of alkyl carbamates (subject to hydrolysis) is 1. The standard InChI is InChI=1S/C19H20ClN5O2/c1-27-19(26)21-12-15-18(13-4-6-14(20)7-5-13)22-16-8-9-17(23-25(15)16)24-10-2-3-11-24/h4-9H,2-3,10-12H2,1H3,(H,21,26). The molecular weight excluding hydrogens is 366 g/mol. The number of methoxy groups -OCH3 is 1. The van der Waals surface area contributed by atoms with Crippen molar-refractivity contribution in [2.45, 2.75) is 19.4 Å². The molecule has 1 aromatic carbocycles. The van der Waals surface area contributed by atoms with E-state index in [9.17, 15) is 4.79 Å². The number of hydrogen-bond donors (Lipinski definition) is 1. The fourth-order valence-electron chi connectivity index (χ4n) is 3.31. The summed E-state index contributed by atoms with van der Waals surface area (Å²) in [6.07, 6.45) is 1.86. The summed E-state index contributed by atoms with van der Waals surface area (Å²) in [5.41, 5.74) is 3.19. The minimum absolute atomic E-state index is 0.252. The van der Waals surface area contributed by atoms with E-state index in [0.717, 1.165) is 41.5 Å². The zero-order valence-electron chi connectivity index (χ0n) is 15.0. The summed E-state index contributed by atoms with van der Waals surface area (Å²) in [5, 5.41) is 8.18. The minimum Gasteiger partial charge on any atom is -0.453 e. The van der Waals surface area contributed by atoms with E-state index in [4.69, 9.17) is 26.4 Å². The van der Waals surface area contributed by atoms with E-state index < -0.39 is 6.09 Å². The smallest absolute Gasteiger partial charge is 0.407 e. The van der Waals surface area contributed by atoms with E-state index in [2.05, 4.69) is 10.2 Å². The number of hydrogen-bond acceptors (Lipinski definition) is 5. The molecule has 4 rings (SSSR count). The van der Waals surface area contributed by atoms with Crippen molar-refractivity contribution < 1.29 is 9.53 Å². The molecule has 3 aromatic rings. The van der Waals surface area contributed by atoms with Crippen molar-refractivity contribution in [3.05, 3.63) is 47.1 Å². The average molecular weight is 386 g/mol. The zero-order chi connectivity index (χ0) is 18.8. The van der Waals surface area contributed by atoms with E-state index in [1.807, 2.05) is 36.4 Å². The van der Waals surface area contributed by atoms with E-state index in [1.165, 1.54) is 20.0 Å². The fraction of sp³-hybridized carbons (Fsp3) is 0.316. The molecule has 0 spiro atoms. The summed E-state index contributed by atoms with van der Waals surface area (Å²) in [4.78, 5) is 18.6. The van der Waals surface area contributed by atoms with Crippen LogP contribution >= 0.6 is 11.6 Å². The lowest BCUT2D eigenvalue weighted by Gasteiger charge is -2.16. The lowest BCUT2D eigenvalue weighted by molar-refractivity contribution is 0.170. The molecule has 0 aliphatic carbocycles. The molecule has 0 atom stereocenters. The van der Waals surface area contributed by atoms with Crippen molar-refractivity contribution in [2.75, 3.05) is 25.1 Å². The number of aromatic nitrogens is 3. The Morgan fingerprint density at radius 3 is 2.63 bits per heavy atom. The van der Waals surface area contributed by atoms with Crippen molar-refractivity contribution >= 4 is 29.2 Å². The van der Waals surface area contributed by atoms with Crippen LogP contribution in [0.15, 0.2) is 36.4 Å². The van der Waals surface area contributed by atoms with Gasteiger partial charge in [-0.05, 0) is 37.1 Å². The van der Waals surface area contributed by atoms with Crippen molar-refractivity contribution in [1.29, 1.82) is 0 Å². The zero-order valence-corrected chi connectivity index (χ0v) is 15.7. The van der Waals surface area contributed by atoms with Crippen molar-refractivity contribution in [3.63, 3.8) is 0 Å². The van der Waals surface area contributed by atoms with Crippen LogP contribution in [0, 0.1) is 0 Å². The third-order valence-corrected chi connectivity index (χ3v) is 4.94. The molecule has 2 aromatic heterocycles. The Hall–Kier alpha value is -2.80. The highest BCUT2D eigenvalue weighted by Crippen LogP contribution is 2.27. The second kappa shape index (κ2) is 7.44. The second-order valence-electron chi connectivity index (χ2n) is 6.41. The van der Waals surface area contributed by atoms with Crippen LogP contribution in [0.1, 0.15) is 18.5 Å². The maximum Gasteiger partial charge on any atom is 0.407 e. The molecular formula is C19H20ClN5O2. The number of benzene rings is 1. The summed E-state index contributed by atoms with van der Waals surface area (Å²) < 4.78 is 6.50. The van der Waals surface area contributed by atoms with Gasteiger partial charge in [-0.3, -0.25) is 0 Å². The number of imidazole rings is 1. The number of amides is 1.